The summed E-state index contributed by atoms with van der Waals surface area (Å²) in [5, 5.41) is 0. The first-order chi connectivity index (χ1) is 9.67. The van der Waals surface area contributed by atoms with Crippen LogP contribution in [-0.4, -0.2) is 42.9 Å². The van der Waals surface area contributed by atoms with Crippen molar-refractivity contribution < 1.29 is 0 Å². The van der Waals surface area contributed by atoms with Crippen LogP contribution < -0.4 is 0 Å². The van der Waals surface area contributed by atoms with Gasteiger partial charge in [-0.15, -0.1) is 0 Å². The van der Waals surface area contributed by atoms with Crippen molar-refractivity contribution in [2.75, 3.05) is 19.6 Å². The first-order valence-electron chi connectivity index (χ1n) is 9.40. The molecule has 0 atom stereocenters. The molecule has 1 nitrogen and oxygen atoms in total. The molecule has 0 spiro atoms. The van der Waals surface area contributed by atoms with E-state index in [0.29, 0.717) is 0 Å². The summed E-state index contributed by atoms with van der Waals surface area (Å²) in [7, 11) is 0. The van der Waals surface area contributed by atoms with Crippen molar-refractivity contribution in [2.24, 2.45) is 0 Å². The van der Waals surface area contributed by atoms with Gasteiger partial charge in [0.25, 0.3) is 0 Å². The molecule has 0 aromatic carbocycles. The quantitative estimate of drug-likeness (QED) is 0.320. The second kappa shape index (κ2) is 13.4. The Kier molecular flexibility index (Phi) is 13.9. The molecule has 2 heteroatoms. The van der Waals surface area contributed by atoms with Gasteiger partial charge in [0.2, 0.25) is 0 Å². The van der Waals surface area contributed by atoms with Gasteiger partial charge in [-0.05, 0) is 0 Å². The molecule has 0 bridgehead atoms. The molecule has 0 saturated carbocycles. The Hall–Kier alpha value is 0.759. The molecule has 0 N–H and O–H groups in total. The van der Waals surface area contributed by atoms with E-state index in [-0.39, 0.29) is 0 Å². The third-order valence-corrected chi connectivity index (χ3v) is 20.8. The number of hydrogen-bond donors (Lipinski definition) is 0. The Morgan fingerprint density at radius 1 is 0.600 bits per heavy atom. The van der Waals surface area contributed by atoms with E-state index in [4.69, 9.17) is 0 Å². The standard InChI is InChI=1S/C6H14N.3C4H9.Sn/c1-4-7(5-2)6-3;3*1-3-4-2;/h1,4-6H2,2-3H3;3*1,3-4H2,2H3;. The number of hydrogen-bond acceptors (Lipinski definition) is 1. The van der Waals surface area contributed by atoms with Gasteiger partial charge >= 0.3 is 134 Å². The number of rotatable bonds is 14. The average molecular weight is 390 g/mol. The predicted molar refractivity (Wildman–Crippen MR) is 97.5 cm³/mol. The molecule has 0 heterocycles. The topological polar surface area (TPSA) is 3.24 Å². The van der Waals surface area contributed by atoms with Gasteiger partial charge in [-0.1, -0.05) is 0 Å². The van der Waals surface area contributed by atoms with Crippen molar-refractivity contribution >= 4 is 18.4 Å². The van der Waals surface area contributed by atoms with Crippen LogP contribution in [0.4, 0.5) is 0 Å². The van der Waals surface area contributed by atoms with Crippen LogP contribution in [0.3, 0.4) is 0 Å². The molecular weight excluding hydrogens is 349 g/mol. The van der Waals surface area contributed by atoms with E-state index in [9.17, 15) is 0 Å². The summed E-state index contributed by atoms with van der Waals surface area (Å²) in [6.45, 7) is 15.7. The van der Waals surface area contributed by atoms with Gasteiger partial charge in [-0.2, -0.15) is 0 Å². The van der Waals surface area contributed by atoms with Crippen molar-refractivity contribution in [3.63, 3.8) is 0 Å². The molecule has 0 rings (SSSR count). The van der Waals surface area contributed by atoms with Crippen LogP contribution in [0.1, 0.15) is 73.1 Å². The van der Waals surface area contributed by atoms with Crippen molar-refractivity contribution in [1.29, 1.82) is 0 Å². The normalized spacial score (nSPS) is 12.3. The van der Waals surface area contributed by atoms with Gasteiger partial charge in [0.05, 0.1) is 0 Å². The maximum absolute atomic E-state index is 2.66. The van der Waals surface area contributed by atoms with Crippen molar-refractivity contribution in [1.82, 2.24) is 4.90 Å². The first kappa shape index (κ1) is 20.8. The Morgan fingerprint density at radius 3 is 1.30 bits per heavy atom. The second-order valence-corrected chi connectivity index (χ2v) is 20.9. The van der Waals surface area contributed by atoms with Crippen LogP contribution in [0.25, 0.3) is 0 Å². The fraction of sp³-hybridized carbons (Fsp3) is 1.00. The van der Waals surface area contributed by atoms with Gasteiger partial charge < -0.3 is 0 Å². The van der Waals surface area contributed by atoms with E-state index in [1.165, 1.54) is 58.2 Å². The molecule has 0 unspecified atom stereocenters. The van der Waals surface area contributed by atoms with Crippen LogP contribution in [0.15, 0.2) is 0 Å². The van der Waals surface area contributed by atoms with Crippen molar-refractivity contribution in [3.8, 4) is 0 Å². The molecule has 122 valence electrons. The van der Waals surface area contributed by atoms with Gasteiger partial charge in [0.15, 0.2) is 0 Å². The molecule has 0 aliphatic carbocycles. The number of nitrogens with zero attached hydrogens (tertiary/aromatic N) is 1. The van der Waals surface area contributed by atoms with E-state index >= 15 is 0 Å². The minimum atomic E-state index is -1.83. The summed E-state index contributed by atoms with van der Waals surface area (Å²) in [6.07, 6.45) is 8.76. The van der Waals surface area contributed by atoms with Crippen molar-refractivity contribution in [2.45, 2.75) is 90.9 Å². The van der Waals surface area contributed by atoms with Gasteiger partial charge in [0.1, 0.15) is 0 Å². The molecule has 0 fully saturated rings. The molecule has 20 heavy (non-hydrogen) atoms. The zero-order chi connectivity index (χ0) is 15.3. The SMILES string of the molecule is CCC[CH2][Sn]([CH2]CCC)([CH2]CCC)[CH2]CN(CC)CC. The Labute approximate surface area is 133 Å². The third kappa shape index (κ3) is 8.92. The van der Waals surface area contributed by atoms with Gasteiger partial charge in [0, 0.05) is 0 Å². The monoisotopic (exact) mass is 391 g/mol. The zero-order valence-electron chi connectivity index (χ0n) is 15.1. The summed E-state index contributed by atoms with van der Waals surface area (Å²) in [5.74, 6) is 0. The summed E-state index contributed by atoms with van der Waals surface area (Å²) in [6, 6.07) is 0. The minimum absolute atomic E-state index is 1.24. The molecule has 0 saturated heterocycles. The van der Waals surface area contributed by atoms with Gasteiger partial charge in [-0.25, -0.2) is 0 Å². The molecule has 0 amide bonds. The fourth-order valence-electron chi connectivity index (χ4n) is 3.34. The van der Waals surface area contributed by atoms with Crippen LogP contribution in [0, 0.1) is 0 Å². The Bertz CT molecular complexity index is 180. The van der Waals surface area contributed by atoms with Gasteiger partial charge in [-0.3, -0.25) is 0 Å². The third-order valence-electron chi connectivity index (χ3n) is 5.03. The molecule has 0 aliphatic heterocycles. The molecule has 0 aromatic heterocycles. The van der Waals surface area contributed by atoms with Crippen molar-refractivity contribution in [3.05, 3.63) is 0 Å². The summed E-state index contributed by atoms with van der Waals surface area (Å²) in [5.41, 5.74) is 0. The van der Waals surface area contributed by atoms with Crippen LogP contribution >= 0.6 is 0 Å². The van der Waals surface area contributed by atoms with Crippen LogP contribution in [0.2, 0.25) is 17.7 Å². The van der Waals surface area contributed by atoms with Crippen LogP contribution in [-0.2, 0) is 0 Å². The molecule has 0 radical (unpaired) electrons. The van der Waals surface area contributed by atoms with E-state index in [1.54, 1.807) is 17.7 Å². The molecule has 0 aromatic rings. The Morgan fingerprint density at radius 2 is 1.00 bits per heavy atom. The average Bonchev–Trinajstić information content (AvgIpc) is 2.49. The molecule has 0 aliphatic rings. The number of unbranched alkanes of at least 4 members (excludes halogenated alkanes) is 3. The van der Waals surface area contributed by atoms with E-state index < -0.39 is 18.4 Å². The summed E-state index contributed by atoms with van der Waals surface area (Å²) >= 11 is -1.83. The first-order valence-corrected chi connectivity index (χ1v) is 17.5. The van der Waals surface area contributed by atoms with E-state index in [2.05, 4.69) is 39.5 Å². The maximum atomic E-state index is 2.66. The summed E-state index contributed by atoms with van der Waals surface area (Å²) < 4.78 is 6.65. The Balaban J connectivity index is 4.64. The van der Waals surface area contributed by atoms with Crippen LogP contribution in [0.5, 0.6) is 0 Å². The summed E-state index contributed by atoms with van der Waals surface area (Å²) in [4.78, 5) is 2.66. The van der Waals surface area contributed by atoms with E-state index in [0.717, 1.165) is 0 Å². The fourth-order valence-corrected chi connectivity index (χ4v) is 19.3. The predicted octanol–water partition coefficient (Wildman–Crippen LogP) is 6.18. The van der Waals surface area contributed by atoms with E-state index in [1.807, 2.05) is 0 Å². The molecular formula is C18H41NSn. The second-order valence-electron chi connectivity index (χ2n) is 6.59. The zero-order valence-corrected chi connectivity index (χ0v) is 18.0.